The summed E-state index contributed by atoms with van der Waals surface area (Å²) in [5, 5.41) is 6.94. The molecule has 0 bridgehead atoms. The van der Waals surface area contributed by atoms with E-state index in [2.05, 4.69) is 0 Å². The van der Waals surface area contributed by atoms with E-state index in [-0.39, 0.29) is 0 Å². The second kappa shape index (κ2) is 5.36. The third-order valence-electron chi connectivity index (χ3n) is 1.88. The summed E-state index contributed by atoms with van der Waals surface area (Å²) in [6.45, 7) is 8.04. The number of hydrogen-bond donors (Lipinski definition) is 2. The highest BCUT2D eigenvalue weighted by Crippen LogP contribution is 2.19. The van der Waals surface area contributed by atoms with Crippen LogP contribution in [-0.2, 0) is 0 Å². The Kier molecular flexibility index (Phi) is 4.82. The maximum Gasteiger partial charge on any atom is 0.0404 e. The summed E-state index contributed by atoms with van der Waals surface area (Å²) in [6, 6.07) is 0. The first-order valence-electron chi connectivity index (χ1n) is 4.32. The molecule has 3 N–H and O–H groups in total. The second-order valence-electron chi connectivity index (χ2n) is 3.14. The fraction of sp³-hybridized carbons (Fsp3) is 0.364. The van der Waals surface area contributed by atoms with E-state index in [0.717, 1.165) is 11.1 Å². The summed E-state index contributed by atoms with van der Waals surface area (Å²) in [6.07, 6.45) is 4.84. The molecule has 0 spiro atoms. The SMILES string of the molecule is C/C=C(/C)C(C(N)=CC=N)=C(C)C. The molecule has 0 aliphatic carbocycles. The minimum Gasteiger partial charge on any atom is -0.398 e. The number of rotatable bonds is 3. The average molecular weight is 178 g/mol. The molecule has 0 aromatic carbocycles. The van der Waals surface area contributed by atoms with Gasteiger partial charge in [0.15, 0.2) is 0 Å². The molecule has 2 heteroatoms. The van der Waals surface area contributed by atoms with Gasteiger partial charge in [0.25, 0.3) is 0 Å². The first-order chi connectivity index (χ1) is 6.04. The van der Waals surface area contributed by atoms with Crippen LogP contribution in [0.15, 0.2) is 34.6 Å². The Morgan fingerprint density at radius 2 is 1.77 bits per heavy atom. The van der Waals surface area contributed by atoms with Gasteiger partial charge in [0.1, 0.15) is 0 Å². The van der Waals surface area contributed by atoms with Gasteiger partial charge in [-0.1, -0.05) is 11.6 Å². The molecule has 0 unspecified atom stereocenters. The molecule has 0 saturated heterocycles. The van der Waals surface area contributed by atoms with E-state index in [1.54, 1.807) is 6.08 Å². The van der Waals surface area contributed by atoms with Crippen molar-refractivity contribution in [2.75, 3.05) is 0 Å². The minimum atomic E-state index is 0.658. The molecule has 72 valence electrons. The highest BCUT2D eigenvalue weighted by atomic mass is 14.6. The molecule has 0 radical (unpaired) electrons. The van der Waals surface area contributed by atoms with Gasteiger partial charge < -0.3 is 11.1 Å². The zero-order valence-electron chi connectivity index (χ0n) is 8.81. The van der Waals surface area contributed by atoms with Crippen molar-refractivity contribution in [3.05, 3.63) is 34.6 Å². The van der Waals surface area contributed by atoms with E-state index >= 15 is 0 Å². The molecule has 0 aliphatic rings. The lowest BCUT2D eigenvalue weighted by atomic mass is 9.99. The highest BCUT2D eigenvalue weighted by molar-refractivity contribution is 5.71. The van der Waals surface area contributed by atoms with Crippen LogP contribution in [0, 0.1) is 5.41 Å². The number of allylic oxidation sites excluding steroid dienone is 4. The van der Waals surface area contributed by atoms with Gasteiger partial charge in [0.05, 0.1) is 0 Å². The zero-order chi connectivity index (χ0) is 10.4. The van der Waals surface area contributed by atoms with E-state index in [1.807, 2.05) is 33.8 Å². The maximum absolute atomic E-state index is 6.94. The lowest BCUT2D eigenvalue weighted by Crippen LogP contribution is -2.04. The summed E-state index contributed by atoms with van der Waals surface area (Å²) >= 11 is 0. The van der Waals surface area contributed by atoms with Crippen molar-refractivity contribution < 1.29 is 0 Å². The third-order valence-corrected chi connectivity index (χ3v) is 1.88. The lowest BCUT2D eigenvalue weighted by Gasteiger charge is -2.10. The average Bonchev–Trinajstić information content (AvgIpc) is 2.04. The van der Waals surface area contributed by atoms with E-state index in [4.69, 9.17) is 11.1 Å². The summed E-state index contributed by atoms with van der Waals surface area (Å²) in [4.78, 5) is 0. The Morgan fingerprint density at radius 1 is 1.23 bits per heavy atom. The van der Waals surface area contributed by atoms with Gasteiger partial charge in [-0.2, -0.15) is 0 Å². The standard InChI is InChI=1S/C11H18N2/c1-5-9(4)11(8(2)3)10(13)6-7-12/h5-7,12H,13H2,1-4H3/b9-5-,10-6?,12-7?. The molecule has 13 heavy (non-hydrogen) atoms. The predicted molar refractivity (Wildman–Crippen MR) is 58.9 cm³/mol. The number of nitrogens with one attached hydrogen (secondary N) is 1. The quantitative estimate of drug-likeness (QED) is 0.506. The van der Waals surface area contributed by atoms with Crippen LogP contribution in [0.3, 0.4) is 0 Å². The van der Waals surface area contributed by atoms with Crippen LogP contribution < -0.4 is 5.73 Å². The Morgan fingerprint density at radius 3 is 2.08 bits per heavy atom. The Bertz CT molecular complexity index is 276. The van der Waals surface area contributed by atoms with Crippen molar-refractivity contribution in [2.45, 2.75) is 27.7 Å². The number of hydrogen-bond acceptors (Lipinski definition) is 2. The van der Waals surface area contributed by atoms with Crippen LogP contribution in [0.1, 0.15) is 27.7 Å². The predicted octanol–water partition coefficient (Wildman–Crippen LogP) is 2.78. The molecule has 0 aromatic rings. The molecule has 0 amide bonds. The van der Waals surface area contributed by atoms with Crippen LogP contribution in [0.5, 0.6) is 0 Å². The highest BCUT2D eigenvalue weighted by Gasteiger charge is 2.03. The Labute approximate surface area is 80.3 Å². The van der Waals surface area contributed by atoms with Crippen LogP contribution in [0.4, 0.5) is 0 Å². The van der Waals surface area contributed by atoms with Crippen LogP contribution in [0.25, 0.3) is 0 Å². The molecule has 0 saturated carbocycles. The van der Waals surface area contributed by atoms with Crippen molar-refractivity contribution in [3.8, 4) is 0 Å². The molecule has 0 aliphatic heterocycles. The van der Waals surface area contributed by atoms with Crippen molar-refractivity contribution in [3.63, 3.8) is 0 Å². The fourth-order valence-electron chi connectivity index (χ4n) is 1.23. The van der Waals surface area contributed by atoms with E-state index < -0.39 is 0 Å². The maximum atomic E-state index is 6.94. The monoisotopic (exact) mass is 178 g/mol. The van der Waals surface area contributed by atoms with E-state index in [9.17, 15) is 0 Å². The molecule has 0 atom stereocenters. The Hall–Kier alpha value is -1.31. The van der Waals surface area contributed by atoms with Crippen molar-refractivity contribution in [1.82, 2.24) is 0 Å². The third kappa shape index (κ3) is 3.28. The lowest BCUT2D eigenvalue weighted by molar-refractivity contribution is 1.19. The molecular weight excluding hydrogens is 160 g/mol. The molecule has 0 heterocycles. The van der Waals surface area contributed by atoms with Crippen LogP contribution in [0.2, 0.25) is 0 Å². The first kappa shape index (κ1) is 11.7. The van der Waals surface area contributed by atoms with Gasteiger partial charge in [-0.25, -0.2) is 0 Å². The van der Waals surface area contributed by atoms with Crippen molar-refractivity contribution in [2.24, 2.45) is 5.73 Å². The largest absolute Gasteiger partial charge is 0.398 e. The second-order valence-corrected chi connectivity index (χ2v) is 3.14. The van der Waals surface area contributed by atoms with Gasteiger partial charge in [0, 0.05) is 11.9 Å². The van der Waals surface area contributed by atoms with Gasteiger partial charge in [0.2, 0.25) is 0 Å². The summed E-state index contributed by atoms with van der Waals surface area (Å²) in [5.74, 6) is 0. The number of nitrogens with two attached hydrogens (primary N) is 1. The van der Waals surface area contributed by atoms with Gasteiger partial charge >= 0.3 is 0 Å². The van der Waals surface area contributed by atoms with Crippen molar-refractivity contribution >= 4 is 6.21 Å². The molecule has 0 rings (SSSR count). The van der Waals surface area contributed by atoms with Crippen molar-refractivity contribution in [1.29, 1.82) is 5.41 Å². The van der Waals surface area contributed by atoms with E-state index in [0.29, 0.717) is 5.70 Å². The van der Waals surface area contributed by atoms with E-state index in [1.165, 1.54) is 11.8 Å². The fourth-order valence-corrected chi connectivity index (χ4v) is 1.23. The first-order valence-corrected chi connectivity index (χ1v) is 4.32. The Balaban J connectivity index is 5.20. The van der Waals surface area contributed by atoms with Crippen LogP contribution >= 0.6 is 0 Å². The zero-order valence-corrected chi connectivity index (χ0v) is 8.81. The van der Waals surface area contributed by atoms with Gasteiger partial charge in [-0.05, 0) is 44.9 Å². The minimum absolute atomic E-state index is 0.658. The summed E-state index contributed by atoms with van der Waals surface area (Å²) in [5.41, 5.74) is 9.84. The molecule has 0 aromatic heterocycles. The van der Waals surface area contributed by atoms with Gasteiger partial charge in [-0.15, -0.1) is 0 Å². The summed E-state index contributed by atoms with van der Waals surface area (Å²) < 4.78 is 0. The smallest absolute Gasteiger partial charge is 0.0404 e. The topological polar surface area (TPSA) is 49.9 Å². The normalized spacial score (nSPS) is 12.6. The van der Waals surface area contributed by atoms with Crippen LogP contribution in [-0.4, -0.2) is 6.21 Å². The molecular formula is C11H18N2. The summed E-state index contributed by atoms with van der Waals surface area (Å²) in [7, 11) is 0. The molecule has 2 nitrogen and oxygen atoms in total. The van der Waals surface area contributed by atoms with Gasteiger partial charge in [-0.3, -0.25) is 0 Å². The molecule has 0 fully saturated rings.